The van der Waals surface area contributed by atoms with Crippen molar-refractivity contribution < 1.29 is 24.1 Å². The fourth-order valence-electron chi connectivity index (χ4n) is 3.66. The molecule has 0 radical (unpaired) electrons. The number of aromatic amines is 1. The van der Waals surface area contributed by atoms with Crippen LogP contribution in [0.4, 0.5) is 0 Å². The predicted molar refractivity (Wildman–Crippen MR) is 125 cm³/mol. The smallest absolute Gasteiger partial charge is 0.203 e. The maximum absolute atomic E-state index is 10.3. The van der Waals surface area contributed by atoms with Crippen LogP contribution in [0.3, 0.4) is 0 Å². The lowest BCUT2D eigenvalue weighted by atomic mass is 10.1. The van der Waals surface area contributed by atoms with Gasteiger partial charge in [-0.3, -0.25) is 0 Å². The minimum Gasteiger partial charge on any atom is -0.493 e. The van der Waals surface area contributed by atoms with Crippen molar-refractivity contribution in [1.82, 2.24) is 10.3 Å². The van der Waals surface area contributed by atoms with Crippen LogP contribution in [-0.2, 0) is 0 Å². The highest BCUT2D eigenvalue weighted by molar-refractivity contribution is 6.09. The summed E-state index contributed by atoms with van der Waals surface area (Å²) in [5, 5.41) is 15.8. The van der Waals surface area contributed by atoms with E-state index in [1.165, 1.54) is 0 Å². The first kappa shape index (κ1) is 21.8. The van der Waals surface area contributed by atoms with E-state index in [1.54, 1.807) is 14.2 Å². The fourth-order valence-corrected chi connectivity index (χ4v) is 3.66. The Morgan fingerprint density at radius 2 is 1.53 bits per heavy atom. The molecule has 0 fully saturated rings. The lowest BCUT2D eigenvalue weighted by Crippen LogP contribution is -2.33. The van der Waals surface area contributed by atoms with Gasteiger partial charge in [0.1, 0.15) is 25.1 Å². The highest BCUT2D eigenvalue weighted by Crippen LogP contribution is 2.36. The third-order valence-electron chi connectivity index (χ3n) is 5.22. The largest absolute Gasteiger partial charge is 0.493 e. The van der Waals surface area contributed by atoms with E-state index in [4.69, 9.17) is 18.9 Å². The molecule has 0 spiro atoms. The molecule has 0 aliphatic heterocycles. The number of para-hydroxylation sites is 3. The van der Waals surface area contributed by atoms with Crippen LogP contribution in [0, 0.1) is 0 Å². The molecule has 0 bridgehead atoms. The van der Waals surface area contributed by atoms with Gasteiger partial charge in [-0.25, -0.2) is 0 Å². The summed E-state index contributed by atoms with van der Waals surface area (Å²) in [7, 11) is 3.18. The number of H-pyrrole nitrogens is 1. The minimum atomic E-state index is -0.657. The first-order valence-electron chi connectivity index (χ1n) is 10.6. The van der Waals surface area contributed by atoms with Crippen LogP contribution in [0.15, 0.2) is 60.7 Å². The molecule has 3 aromatic carbocycles. The van der Waals surface area contributed by atoms with E-state index in [1.807, 2.05) is 48.5 Å². The molecule has 32 heavy (non-hydrogen) atoms. The van der Waals surface area contributed by atoms with Gasteiger partial charge in [-0.1, -0.05) is 36.4 Å². The predicted octanol–water partition coefficient (Wildman–Crippen LogP) is 3.75. The van der Waals surface area contributed by atoms with E-state index < -0.39 is 6.10 Å². The van der Waals surface area contributed by atoms with E-state index in [2.05, 4.69) is 22.4 Å². The summed E-state index contributed by atoms with van der Waals surface area (Å²) in [6, 6.07) is 19.6. The second-order valence-electron chi connectivity index (χ2n) is 7.36. The van der Waals surface area contributed by atoms with E-state index >= 15 is 0 Å². The molecule has 0 saturated heterocycles. The Hall–Kier alpha value is -3.42. The number of aromatic nitrogens is 1. The molecular formula is C25H28N2O5. The molecule has 0 saturated carbocycles. The zero-order chi connectivity index (χ0) is 22.3. The van der Waals surface area contributed by atoms with Crippen LogP contribution in [0.25, 0.3) is 21.8 Å². The Bertz CT molecular complexity index is 1150. The maximum Gasteiger partial charge on any atom is 0.203 e. The molecule has 1 aromatic heterocycles. The Morgan fingerprint density at radius 3 is 2.31 bits per heavy atom. The fraction of sp³-hybridized carbons (Fsp3) is 0.280. The Kier molecular flexibility index (Phi) is 6.99. The number of nitrogens with one attached hydrogen (secondary N) is 2. The number of ether oxygens (including phenoxy) is 4. The van der Waals surface area contributed by atoms with Gasteiger partial charge < -0.3 is 34.4 Å². The van der Waals surface area contributed by atoms with Crippen LogP contribution < -0.4 is 24.3 Å². The van der Waals surface area contributed by atoms with Crippen LogP contribution in [-0.4, -0.2) is 56.7 Å². The van der Waals surface area contributed by atoms with E-state index in [-0.39, 0.29) is 6.61 Å². The van der Waals surface area contributed by atoms with Crippen molar-refractivity contribution in [3.05, 3.63) is 60.7 Å². The molecule has 1 unspecified atom stereocenters. The summed E-state index contributed by atoms with van der Waals surface area (Å²) in [5.41, 5.74) is 2.00. The molecule has 0 aliphatic rings. The van der Waals surface area contributed by atoms with E-state index in [0.717, 1.165) is 27.6 Å². The van der Waals surface area contributed by atoms with Crippen molar-refractivity contribution >= 4 is 21.8 Å². The van der Waals surface area contributed by atoms with Crippen LogP contribution in [0.5, 0.6) is 23.0 Å². The molecule has 0 amide bonds. The molecule has 1 heterocycles. The number of hydrogen-bond acceptors (Lipinski definition) is 6. The summed E-state index contributed by atoms with van der Waals surface area (Å²) in [4.78, 5) is 3.41. The summed E-state index contributed by atoms with van der Waals surface area (Å²) in [6.07, 6.45) is -0.657. The summed E-state index contributed by atoms with van der Waals surface area (Å²) in [6.45, 7) is 1.52. The highest BCUT2D eigenvalue weighted by atomic mass is 16.5. The Labute approximate surface area is 186 Å². The topological polar surface area (TPSA) is 85.0 Å². The Balaban J connectivity index is 1.26. The lowest BCUT2D eigenvalue weighted by Gasteiger charge is -2.16. The first-order valence-corrected chi connectivity index (χ1v) is 10.6. The molecule has 3 N–H and O–H groups in total. The molecule has 168 valence electrons. The minimum absolute atomic E-state index is 0.183. The molecule has 7 nitrogen and oxygen atoms in total. The molecule has 1 atom stereocenters. The van der Waals surface area contributed by atoms with Gasteiger partial charge in [-0.15, -0.1) is 0 Å². The average Bonchev–Trinajstić information content (AvgIpc) is 3.21. The third-order valence-corrected chi connectivity index (χ3v) is 5.22. The molecule has 7 heteroatoms. The number of methoxy groups -OCH3 is 2. The normalized spacial score (nSPS) is 12.1. The van der Waals surface area contributed by atoms with Crippen molar-refractivity contribution in [3.63, 3.8) is 0 Å². The quantitative estimate of drug-likeness (QED) is 0.311. The Morgan fingerprint density at radius 1 is 0.844 bits per heavy atom. The monoisotopic (exact) mass is 436 g/mol. The summed E-state index contributed by atoms with van der Waals surface area (Å²) < 4.78 is 22.4. The van der Waals surface area contributed by atoms with Crippen LogP contribution in [0.2, 0.25) is 0 Å². The standard InChI is InChI=1S/C25H28N2O5/c1-29-22-11-6-12-23(30-2)25(22)31-14-13-26-15-17(28)16-32-21-10-5-8-19-18-7-3-4-9-20(18)27-24(19)21/h3-12,17,26-28H,13-16H2,1-2H3. The zero-order valence-electron chi connectivity index (χ0n) is 18.3. The number of aliphatic hydroxyl groups is 1. The second kappa shape index (κ2) is 10.3. The van der Waals surface area contributed by atoms with Crippen molar-refractivity contribution in [2.75, 3.05) is 40.5 Å². The summed E-state index contributed by atoms with van der Waals surface area (Å²) >= 11 is 0. The van der Waals surface area contributed by atoms with Crippen LogP contribution in [0.1, 0.15) is 0 Å². The molecule has 4 rings (SSSR count). The third kappa shape index (κ3) is 4.74. The molecule has 0 aliphatic carbocycles. The number of benzene rings is 3. The maximum atomic E-state index is 10.3. The van der Waals surface area contributed by atoms with Gasteiger partial charge in [-0.05, 0) is 24.3 Å². The van der Waals surface area contributed by atoms with Gasteiger partial charge in [0.25, 0.3) is 0 Å². The number of hydrogen-bond donors (Lipinski definition) is 3. The summed E-state index contributed by atoms with van der Waals surface area (Å²) in [5.74, 6) is 2.52. The number of rotatable bonds is 11. The van der Waals surface area contributed by atoms with Crippen LogP contribution >= 0.6 is 0 Å². The SMILES string of the molecule is COc1cccc(OC)c1OCCNCC(O)COc1cccc2c1[nH]c1ccccc12. The van der Waals surface area contributed by atoms with Crippen molar-refractivity contribution in [2.24, 2.45) is 0 Å². The molecular weight excluding hydrogens is 408 g/mol. The first-order chi connectivity index (χ1) is 15.7. The highest BCUT2D eigenvalue weighted by Gasteiger charge is 2.12. The molecule has 4 aromatic rings. The van der Waals surface area contributed by atoms with Crippen molar-refractivity contribution in [3.8, 4) is 23.0 Å². The lowest BCUT2D eigenvalue weighted by molar-refractivity contribution is 0.106. The van der Waals surface area contributed by atoms with Crippen molar-refractivity contribution in [2.45, 2.75) is 6.10 Å². The van der Waals surface area contributed by atoms with Gasteiger partial charge in [0.2, 0.25) is 5.75 Å². The van der Waals surface area contributed by atoms with Gasteiger partial charge in [0.05, 0.1) is 19.7 Å². The van der Waals surface area contributed by atoms with Gasteiger partial charge >= 0.3 is 0 Å². The number of fused-ring (bicyclic) bond motifs is 3. The second-order valence-corrected chi connectivity index (χ2v) is 7.36. The van der Waals surface area contributed by atoms with Gasteiger partial charge in [0, 0.05) is 29.4 Å². The average molecular weight is 437 g/mol. The van der Waals surface area contributed by atoms with E-state index in [0.29, 0.717) is 36.9 Å². The zero-order valence-corrected chi connectivity index (χ0v) is 18.3. The van der Waals surface area contributed by atoms with Gasteiger partial charge in [0.15, 0.2) is 11.5 Å². The van der Waals surface area contributed by atoms with Crippen molar-refractivity contribution in [1.29, 1.82) is 0 Å². The number of aliphatic hydroxyl groups excluding tert-OH is 1. The van der Waals surface area contributed by atoms with E-state index in [9.17, 15) is 5.11 Å². The van der Waals surface area contributed by atoms with Gasteiger partial charge in [-0.2, -0.15) is 0 Å².